The molecule has 0 bridgehead atoms. The number of para-hydroxylation sites is 1. The predicted octanol–water partition coefficient (Wildman–Crippen LogP) is 6.88. The maximum absolute atomic E-state index is 13.5. The summed E-state index contributed by atoms with van der Waals surface area (Å²) in [5.74, 6) is 1.21. The highest BCUT2D eigenvalue weighted by molar-refractivity contribution is 5.81. The van der Waals surface area contributed by atoms with Crippen molar-refractivity contribution >= 4 is 17.8 Å². The van der Waals surface area contributed by atoms with Crippen molar-refractivity contribution in [2.45, 2.75) is 38.0 Å². The van der Waals surface area contributed by atoms with Crippen LogP contribution in [-0.4, -0.2) is 22.6 Å². The van der Waals surface area contributed by atoms with Gasteiger partial charge in [-0.15, -0.1) is 0 Å². The average molecular weight is 507 g/mol. The predicted molar refractivity (Wildman–Crippen MR) is 137 cm³/mol. The van der Waals surface area contributed by atoms with E-state index in [9.17, 15) is 18.0 Å². The highest BCUT2D eigenvalue weighted by Crippen LogP contribution is 2.36. The first-order chi connectivity index (χ1) is 17.8. The fourth-order valence-electron chi connectivity index (χ4n) is 4.62. The minimum absolute atomic E-state index is 0.106. The first-order valence-corrected chi connectivity index (χ1v) is 12.1. The molecule has 4 aromatic rings. The Morgan fingerprint density at radius 1 is 0.973 bits per heavy atom. The van der Waals surface area contributed by atoms with Crippen LogP contribution in [0, 0.1) is 0 Å². The molecule has 2 heterocycles. The van der Waals surface area contributed by atoms with E-state index >= 15 is 0 Å². The fraction of sp³-hybridized carbons (Fsp3) is 0.241. The summed E-state index contributed by atoms with van der Waals surface area (Å²) in [5, 5.41) is 0. The Hall–Kier alpha value is -4.07. The Labute approximate surface area is 211 Å². The van der Waals surface area contributed by atoms with Crippen molar-refractivity contribution in [3.8, 4) is 22.6 Å². The zero-order chi connectivity index (χ0) is 26.0. The van der Waals surface area contributed by atoms with Crippen LogP contribution in [0.25, 0.3) is 28.9 Å². The van der Waals surface area contributed by atoms with Gasteiger partial charge in [-0.25, -0.2) is 4.98 Å². The molecule has 2 aromatic heterocycles. The molecule has 0 saturated heterocycles. The van der Waals surface area contributed by atoms with E-state index < -0.39 is 11.7 Å². The van der Waals surface area contributed by atoms with Crippen LogP contribution in [0.1, 0.15) is 42.5 Å². The van der Waals surface area contributed by atoms with Gasteiger partial charge in [-0.1, -0.05) is 30.3 Å². The van der Waals surface area contributed by atoms with Crippen molar-refractivity contribution in [1.82, 2.24) is 9.38 Å². The van der Waals surface area contributed by atoms with Gasteiger partial charge >= 0.3 is 6.18 Å². The van der Waals surface area contributed by atoms with Gasteiger partial charge in [-0.3, -0.25) is 9.20 Å². The number of ether oxygens (including phenoxy) is 2. The lowest BCUT2D eigenvalue weighted by atomic mass is 10.0. The monoisotopic (exact) mass is 506 g/mol. The third kappa shape index (κ3) is 5.09. The molecule has 2 aromatic carbocycles. The number of nitrogens with zero attached hydrogens (tertiary/aromatic N) is 2. The van der Waals surface area contributed by atoms with Gasteiger partial charge in [0.05, 0.1) is 30.0 Å². The molecule has 5 rings (SSSR count). The Morgan fingerprint density at radius 2 is 1.73 bits per heavy atom. The Bertz CT molecular complexity index is 1500. The minimum Gasteiger partial charge on any atom is -0.493 e. The molecule has 0 spiro atoms. The summed E-state index contributed by atoms with van der Waals surface area (Å²) in [5.41, 5.74) is 0.901. The van der Waals surface area contributed by atoms with Gasteiger partial charge in [0, 0.05) is 11.8 Å². The number of alkyl halides is 3. The smallest absolute Gasteiger partial charge is 0.416 e. The van der Waals surface area contributed by atoms with Crippen molar-refractivity contribution < 1.29 is 22.6 Å². The quantitative estimate of drug-likeness (QED) is 0.286. The highest BCUT2D eigenvalue weighted by atomic mass is 19.4. The number of hydrogen-bond acceptors (Lipinski definition) is 4. The summed E-state index contributed by atoms with van der Waals surface area (Å²) in [7, 11) is 1.58. The van der Waals surface area contributed by atoms with E-state index in [0.29, 0.717) is 28.4 Å². The van der Waals surface area contributed by atoms with Crippen molar-refractivity contribution in [3.05, 3.63) is 94.0 Å². The number of fused-ring (bicyclic) bond motifs is 1. The summed E-state index contributed by atoms with van der Waals surface area (Å²) in [4.78, 5) is 18.1. The molecule has 0 unspecified atom stereocenters. The van der Waals surface area contributed by atoms with E-state index in [-0.39, 0.29) is 17.2 Å². The van der Waals surface area contributed by atoms with Gasteiger partial charge in [0.2, 0.25) is 0 Å². The topological polar surface area (TPSA) is 52.8 Å². The maximum Gasteiger partial charge on any atom is 0.416 e. The molecule has 1 fully saturated rings. The average Bonchev–Trinajstić information content (AvgIpc) is 3.41. The van der Waals surface area contributed by atoms with Crippen molar-refractivity contribution in [1.29, 1.82) is 0 Å². The molecule has 37 heavy (non-hydrogen) atoms. The Kier molecular flexibility index (Phi) is 6.74. The second-order valence-corrected chi connectivity index (χ2v) is 8.92. The number of hydrogen-bond donors (Lipinski definition) is 0. The number of aromatic nitrogens is 2. The molecule has 0 atom stereocenters. The van der Waals surface area contributed by atoms with Crippen LogP contribution in [0.4, 0.5) is 13.2 Å². The Morgan fingerprint density at radius 3 is 2.43 bits per heavy atom. The third-order valence-corrected chi connectivity index (χ3v) is 6.50. The van der Waals surface area contributed by atoms with Crippen molar-refractivity contribution in [2.75, 3.05) is 7.11 Å². The van der Waals surface area contributed by atoms with Gasteiger partial charge in [0.25, 0.3) is 5.56 Å². The molecule has 5 nitrogen and oxygen atoms in total. The van der Waals surface area contributed by atoms with Crippen LogP contribution in [0.15, 0.2) is 71.7 Å². The van der Waals surface area contributed by atoms with Gasteiger partial charge in [0.15, 0.2) is 11.5 Å². The molecular formula is C29H25F3N2O3. The standard InChI is InChI=1S/C29H25F3N2O3/c1-36-24-10-6-7-20(27(24)37-22-8-2-3-9-22)14-17-23-26(19-12-15-21(16-13-19)29(30,31)32)28(35)34-18-5-4-11-25(34)33-23/h4-7,10-18,22H,2-3,8-9H2,1H3/b17-14+. The van der Waals surface area contributed by atoms with Gasteiger partial charge in [-0.05, 0) is 73.7 Å². The lowest BCUT2D eigenvalue weighted by Gasteiger charge is -2.18. The van der Waals surface area contributed by atoms with E-state index in [1.54, 1.807) is 43.7 Å². The Balaban J connectivity index is 1.62. The molecule has 1 aliphatic carbocycles. The van der Waals surface area contributed by atoms with Crippen LogP contribution in [0.5, 0.6) is 11.5 Å². The summed E-state index contributed by atoms with van der Waals surface area (Å²) < 4.78 is 52.6. The zero-order valence-electron chi connectivity index (χ0n) is 20.2. The molecular weight excluding hydrogens is 481 g/mol. The summed E-state index contributed by atoms with van der Waals surface area (Å²) >= 11 is 0. The van der Waals surface area contributed by atoms with E-state index in [1.807, 2.05) is 18.2 Å². The molecule has 8 heteroatoms. The highest BCUT2D eigenvalue weighted by Gasteiger charge is 2.30. The van der Waals surface area contributed by atoms with E-state index in [1.165, 1.54) is 16.5 Å². The summed E-state index contributed by atoms with van der Waals surface area (Å²) in [6.45, 7) is 0. The minimum atomic E-state index is -4.47. The lowest BCUT2D eigenvalue weighted by Crippen LogP contribution is -2.18. The molecule has 190 valence electrons. The van der Waals surface area contributed by atoms with Gasteiger partial charge in [0.1, 0.15) is 5.65 Å². The maximum atomic E-state index is 13.5. The summed E-state index contributed by atoms with van der Waals surface area (Å²) in [6, 6.07) is 15.3. The third-order valence-electron chi connectivity index (χ3n) is 6.50. The SMILES string of the molecule is COc1cccc(/C=C/c2nc3ccccn3c(=O)c2-c2ccc(C(F)(F)F)cc2)c1OC1CCCC1. The largest absolute Gasteiger partial charge is 0.493 e. The number of rotatable bonds is 6. The second kappa shape index (κ2) is 10.1. The van der Waals surface area contributed by atoms with E-state index in [0.717, 1.165) is 43.4 Å². The van der Waals surface area contributed by atoms with Crippen LogP contribution in [0.2, 0.25) is 0 Å². The van der Waals surface area contributed by atoms with Gasteiger partial charge in [-0.2, -0.15) is 13.2 Å². The normalized spacial score (nSPS) is 14.5. The zero-order valence-corrected chi connectivity index (χ0v) is 20.2. The lowest BCUT2D eigenvalue weighted by molar-refractivity contribution is -0.137. The molecule has 0 radical (unpaired) electrons. The van der Waals surface area contributed by atoms with Crippen LogP contribution in [0.3, 0.4) is 0 Å². The van der Waals surface area contributed by atoms with E-state index in [4.69, 9.17) is 9.47 Å². The van der Waals surface area contributed by atoms with Crippen molar-refractivity contribution in [3.63, 3.8) is 0 Å². The first-order valence-electron chi connectivity index (χ1n) is 12.1. The first kappa shape index (κ1) is 24.6. The van der Waals surface area contributed by atoms with Crippen LogP contribution in [-0.2, 0) is 6.18 Å². The van der Waals surface area contributed by atoms with Gasteiger partial charge < -0.3 is 9.47 Å². The van der Waals surface area contributed by atoms with E-state index in [2.05, 4.69) is 4.98 Å². The number of benzene rings is 2. The summed E-state index contributed by atoms with van der Waals surface area (Å²) in [6.07, 6.45) is 4.89. The number of methoxy groups -OCH3 is 1. The second-order valence-electron chi connectivity index (χ2n) is 8.92. The molecule has 0 aliphatic heterocycles. The van der Waals surface area contributed by atoms with Crippen molar-refractivity contribution in [2.24, 2.45) is 0 Å². The molecule has 1 aliphatic rings. The molecule has 0 amide bonds. The number of pyridine rings is 1. The van der Waals surface area contributed by atoms with Crippen LogP contribution < -0.4 is 15.0 Å². The molecule has 1 saturated carbocycles. The molecule has 0 N–H and O–H groups in total. The fourth-order valence-corrected chi connectivity index (χ4v) is 4.62. The van der Waals surface area contributed by atoms with Crippen LogP contribution >= 0.6 is 0 Å². The number of halogens is 3.